The van der Waals surface area contributed by atoms with Gasteiger partial charge in [-0.15, -0.1) is 0 Å². The zero-order valence-corrected chi connectivity index (χ0v) is 13.2. The molecule has 1 atom stereocenters. The summed E-state index contributed by atoms with van der Waals surface area (Å²) in [6.45, 7) is 6.36. The monoisotopic (exact) mass is 286 g/mol. The molecule has 0 spiro atoms. The Morgan fingerprint density at radius 2 is 1.25 bits per heavy atom. The normalized spacial score (nSPS) is 12.1. The van der Waals surface area contributed by atoms with Crippen LogP contribution in [-0.4, -0.2) is 6.16 Å². The standard InChI is InChI=1S/C17H21NOP/c1-17(2,3)14-20(19)18(15-10-6-4-7-11-15)16-12-8-5-9-13-16/h4-13H,14H2,1-3H3. The first-order chi connectivity index (χ1) is 9.47. The van der Waals surface area contributed by atoms with Crippen LogP contribution >= 0.6 is 7.95 Å². The fourth-order valence-electron chi connectivity index (χ4n) is 2.02. The maximum atomic E-state index is 12.8. The van der Waals surface area contributed by atoms with Gasteiger partial charge in [-0.1, -0.05) is 57.2 Å². The highest BCUT2D eigenvalue weighted by Crippen LogP contribution is 2.43. The summed E-state index contributed by atoms with van der Waals surface area (Å²) in [5.74, 6) is 0. The molecule has 1 radical (unpaired) electrons. The summed E-state index contributed by atoms with van der Waals surface area (Å²) in [4.78, 5) is 0. The summed E-state index contributed by atoms with van der Waals surface area (Å²) < 4.78 is 14.8. The quantitative estimate of drug-likeness (QED) is 0.680. The largest absolute Gasteiger partial charge is 0.270 e. The van der Waals surface area contributed by atoms with Crippen molar-refractivity contribution < 1.29 is 4.57 Å². The predicted molar refractivity (Wildman–Crippen MR) is 87.0 cm³/mol. The van der Waals surface area contributed by atoms with E-state index in [0.29, 0.717) is 6.16 Å². The zero-order chi connectivity index (χ0) is 14.6. The molecule has 3 heteroatoms. The molecular formula is C17H21NOP. The predicted octanol–water partition coefficient (Wildman–Crippen LogP) is 5.61. The van der Waals surface area contributed by atoms with Crippen LogP contribution < -0.4 is 4.67 Å². The Balaban J connectivity index is 2.38. The van der Waals surface area contributed by atoms with Crippen LogP contribution in [0.25, 0.3) is 0 Å². The van der Waals surface area contributed by atoms with E-state index in [9.17, 15) is 4.57 Å². The molecule has 2 rings (SSSR count). The summed E-state index contributed by atoms with van der Waals surface area (Å²) in [5, 5.41) is 0. The lowest BCUT2D eigenvalue weighted by Gasteiger charge is -2.27. The van der Waals surface area contributed by atoms with Gasteiger partial charge in [-0.2, -0.15) is 0 Å². The second kappa shape index (κ2) is 6.19. The highest BCUT2D eigenvalue weighted by molar-refractivity contribution is 7.47. The maximum absolute atomic E-state index is 12.8. The third-order valence-electron chi connectivity index (χ3n) is 2.83. The van der Waals surface area contributed by atoms with Crippen molar-refractivity contribution in [3.05, 3.63) is 60.7 Å². The van der Waals surface area contributed by atoms with Crippen molar-refractivity contribution in [2.45, 2.75) is 20.8 Å². The molecule has 0 saturated heterocycles. The average molecular weight is 286 g/mol. The minimum atomic E-state index is -1.50. The van der Waals surface area contributed by atoms with Gasteiger partial charge < -0.3 is 0 Å². The molecule has 0 saturated carbocycles. The van der Waals surface area contributed by atoms with E-state index in [4.69, 9.17) is 0 Å². The van der Waals surface area contributed by atoms with E-state index in [-0.39, 0.29) is 5.41 Å². The number of hydrogen-bond acceptors (Lipinski definition) is 1. The molecule has 0 bridgehead atoms. The summed E-state index contributed by atoms with van der Waals surface area (Å²) >= 11 is 0. The highest BCUT2D eigenvalue weighted by Gasteiger charge is 2.22. The Labute approximate surface area is 122 Å². The van der Waals surface area contributed by atoms with Crippen molar-refractivity contribution in [3.63, 3.8) is 0 Å². The van der Waals surface area contributed by atoms with Crippen molar-refractivity contribution in [1.82, 2.24) is 0 Å². The van der Waals surface area contributed by atoms with E-state index >= 15 is 0 Å². The summed E-state index contributed by atoms with van der Waals surface area (Å²) in [7, 11) is -1.50. The van der Waals surface area contributed by atoms with Crippen LogP contribution in [0.3, 0.4) is 0 Å². The van der Waals surface area contributed by atoms with Gasteiger partial charge in [0.2, 0.25) is 0 Å². The lowest BCUT2D eigenvalue weighted by Crippen LogP contribution is -2.15. The molecule has 2 nitrogen and oxygen atoms in total. The Bertz CT molecular complexity index is 521. The Morgan fingerprint density at radius 3 is 1.60 bits per heavy atom. The zero-order valence-electron chi connectivity index (χ0n) is 12.3. The Morgan fingerprint density at radius 1 is 0.850 bits per heavy atom. The van der Waals surface area contributed by atoms with Gasteiger partial charge in [0.25, 0.3) is 0 Å². The van der Waals surface area contributed by atoms with E-state index in [1.165, 1.54) is 0 Å². The van der Waals surface area contributed by atoms with Crippen LogP contribution in [0.4, 0.5) is 11.4 Å². The number of para-hydroxylation sites is 2. The molecule has 0 aliphatic rings. The minimum absolute atomic E-state index is 0.0370. The molecule has 1 unspecified atom stereocenters. The summed E-state index contributed by atoms with van der Waals surface area (Å²) in [6, 6.07) is 19.9. The second-order valence-corrected chi connectivity index (χ2v) is 7.47. The molecule has 0 heterocycles. The number of rotatable bonds is 4. The van der Waals surface area contributed by atoms with Crippen LogP contribution in [0.15, 0.2) is 60.7 Å². The van der Waals surface area contributed by atoms with E-state index in [0.717, 1.165) is 11.4 Å². The highest BCUT2D eigenvalue weighted by atomic mass is 31.1. The van der Waals surface area contributed by atoms with Crippen molar-refractivity contribution in [2.75, 3.05) is 10.8 Å². The van der Waals surface area contributed by atoms with Crippen LogP contribution in [0, 0.1) is 5.41 Å². The number of anilines is 2. The molecule has 2 aromatic rings. The van der Waals surface area contributed by atoms with E-state index < -0.39 is 7.95 Å². The molecule has 0 aliphatic carbocycles. The molecule has 105 valence electrons. The van der Waals surface area contributed by atoms with E-state index in [2.05, 4.69) is 20.8 Å². The maximum Gasteiger partial charge on any atom is 0.180 e. The van der Waals surface area contributed by atoms with Gasteiger partial charge in [0.05, 0.1) is 11.4 Å². The smallest absolute Gasteiger partial charge is 0.180 e. The van der Waals surface area contributed by atoms with Gasteiger partial charge in [-0.05, 0) is 29.7 Å². The third-order valence-corrected chi connectivity index (χ3v) is 4.96. The van der Waals surface area contributed by atoms with Gasteiger partial charge in [0.1, 0.15) is 0 Å². The molecule has 0 fully saturated rings. The van der Waals surface area contributed by atoms with E-state index in [1.807, 2.05) is 65.3 Å². The fourth-order valence-corrected chi connectivity index (χ4v) is 3.76. The minimum Gasteiger partial charge on any atom is -0.270 e. The van der Waals surface area contributed by atoms with Gasteiger partial charge in [0, 0.05) is 6.16 Å². The van der Waals surface area contributed by atoms with Gasteiger partial charge in [-0.25, -0.2) is 0 Å². The van der Waals surface area contributed by atoms with Crippen molar-refractivity contribution in [2.24, 2.45) is 5.41 Å². The molecule has 0 aromatic heterocycles. The van der Waals surface area contributed by atoms with Gasteiger partial charge in [0.15, 0.2) is 7.95 Å². The fraction of sp³-hybridized carbons (Fsp3) is 0.294. The lowest BCUT2D eigenvalue weighted by atomic mass is 10.0. The number of hydrogen-bond donors (Lipinski definition) is 0. The molecule has 0 N–H and O–H groups in total. The lowest BCUT2D eigenvalue weighted by molar-refractivity contribution is 0.466. The molecule has 20 heavy (non-hydrogen) atoms. The van der Waals surface area contributed by atoms with Crippen LogP contribution in [-0.2, 0) is 4.57 Å². The van der Waals surface area contributed by atoms with Crippen molar-refractivity contribution in [3.8, 4) is 0 Å². The summed E-state index contributed by atoms with van der Waals surface area (Å²) in [6.07, 6.45) is 0.659. The second-order valence-electron chi connectivity index (χ2n) is 6.05. The Hall–Kier alpha value is -1.66. The average Bonchev–Trinajstić information content (AvgIpc) is 2.39. The first kappa shape index (κ1) is 14.7. The number of nitrogens with zero attached hydrogens (tertiary/aromatic N) is 1. The first-order valence-corrected chi connectivity index (χ1v) is 8.22. The van der Waals surface area contributed by atoms with Gasteiger partial charge in [-0.3, -0.25) is 9.24 Å². The van der Waals surface area contributed by atoms with Crippen LogP contribution in [0.1, 0.15) is 20.8 Å². The van der Waals surface area contributed by atoms with Gasteiger partial charge >= 0.3 is 0 Å². The molecule has 2 aromatic carbocycles. The van der Waals surface area contributed by atoms with Crippen molar-refractivity contribution >= 4 is 19.3 Å². The Kier molecular flexibility index (Phi) is 4.57. The first-order valence-electron chi connectivity index (χ1n) is 6.82. The molecule has 0 aliphatic heterocycles. The summed E-state index contributed by atoms with van der Waals surface area (Å²) in [5.41, 5.74) is 1.99. The SMILES string of the molecule is CC(C)(C)C[P](=O)N(c1ccccc1)c1ccccc1. The van der Waals surface area contributed by atoms with Crippen LogP contribution in [0.5, 0.6) is 0 Å². The molecular weight excluding hydrogens is 265 g/mol. The number of benzene rings is 2. The molecule has 0 amide bonds. The van der Waals surface area contributed by atoms with E-state index in [1.54, 1.807) is 0 Å². The van der Waals surface area contributed by atoms with Crippen molar-refractivity contribution in [1.29, 1.82) is 0 Å². The third kappa shape index (κ3) is 3.91. The topological polar surface area (TPSA) is 20.3 Å². The van der Waals surface area contributed by atoms with Crippen LogP contribution in [0.2, 0.25) is 0 Å².